The molecule has 7 heteroatoms. The number of rotatable bonds is 4. The van der Waals surface area contributed by atoms with Crippen LogP contribution in [0.25, 0.3) is 0 Å². The molecule has 5 N–H and O–H groups in total. The minimum absolute atomic E-state index is 0. The molecule has 0 spiro atoms. The Hall–Kier alpha value is -2.03. The van der Waals surface area contributed by atoms with Gasteiger partial charge in [0, 0.05) is 5.69 Å². The van der Waals surface area contributed by atoms with Crippen LogP contribution in [0.5, 0.6) is 0 Å². The normalized spacial score (nSPS) is 9.40. The number of nitrogens with two attached hydrogens (primary N) is 2. The molecule has 2 rings (SSSR count). The van der Waals surface area contributed by atoms with Gasteiger partial charge >= 0.3 is 0 Å². The van der Waals surface area contributed by atoms with Gasteiger partial charge in [0.15, 0.2) is 11.7 Å². The van der Waals surface area contributed by atoms with Gasteiger partial charge in [-0.3, -0.25) is 4.79 Å². The van der Waals surface area contributed by atoms with Crippen molar-refractivity contribution in [3.8, 4) is 0 Å². The van der Waals surface area contributed by atoms with Gasteiger partial charge in [-0.1, -0.05) is 12.1 Å². The quantitative estimate of drug-likeness (QED) is 0.424. The fraction of sp³-hybridized carbons (Fsp3) is 0.0769. The van der Waals surface area contributed by atoms with E-state index >= 15 is 0 Å². The molecule has 0 bridgehead atoms. The molecule has 1 heterocycles. The Labute approximate surface area is 133 Å². The van der Waals surface area contributed by atoms with Crippen LogP contribution in [-0.2, 0) is 6.54 Å². The van der Waals surface area contributed by atoms with Gasteiger partial charge in [0.1, 0.15) is 0 Å². The van der Waals surface area contributed by atoms with Gasteiger partial charge in [0.2, 0.25) is 0 Å². The van der Waals surface area contributed by atoms with Crippen molar-refractivity contribution in [1.82, 2.24) is 0 Å². The molecule has 0 aliphatic carbocycles. The van der Waals surface area contributed by atoms with Crippen molar-refractivity contribution in [3.05, 3.63) is 54.0 Å². The number of hydrogen-bond acceptors (Lipinski definition) is 3. The number of carbonyl (C=O) groups excluding carboxylic acids is 1. The monoisotopic (exact) mass is 386 g/mol. The molecule has 0 radical (unpaired) electrons. The summed E-state index contributed by atoms with van der Waals surface area (Å²) in [6.07, 6.45) is 1.45. The average molecular weight is 386 g/mol. The first-order valence-corrected chi connectivity index (χ1v) is 5.64. The third-order valence-corrected chi connectivity index (χ3v) is 2.40. The van der Waals surface area contributed by atoms with Crippen LogP contribution in [0.1, 0.15) is 16.1 Å². The highest BCUT2D eigenvalue weighted by Gasteiger charge is 2.08. The lowest BCUT2D eigenvalue weighted by Crippen LogP contribution is -2.22. The number of nitrogens with one attached hydrogen (secondary N) is 1. The second-order valence-electron chi connectivity index (χ2n) is 3.87. The van der Waals surface area contributed by atoms with Gasteiger partial charge in [0.05, 0.1) is 12.8 Å². The van der Waals surface area contributed by atoms with Gasteiger partial charge in [-0.15, -0.1) is 24.0 Å². The largest absolute Gasteiger partial charge is 0.459 e. The SMILES string of the molecule is I.NC(N)=NCc1ccc(NC(=O)c2ccco2)cc1. The van der Waals surface area contributed by atoms with Gasteiger partial charge in [-0.25, -0.2) is 4.99 Å². The predicted octanol–water partition coefficient (Wildman–Crippen LogP) is 1.92. The summed E-state index contributed by atoms with van der Waals surface area (Å²) in [6.45, 7) is 0.411. The molecule has 0 aliphatic rings. The third-order valence-electron chi connectivity index (χ3n) is 2.40. The predicted molar refractivity (Wildman–Crippen MR) is 88.0 cm³/mol. The number of furan rings is 1. The molecular weight excluding hydrogens is 371 g/mol. The standard InChI is InChI=1S/C13H14N4O2.HI/c14-13(15)16-8-9-3-5-10(6-4-9)17-12(18)11-2-1-7-19-11;/h1-7H,8H2,(H,17,18)(H4,14,15,16);1H. The Morgan fingerprint density at radius 1 is 1.20 bits per heavy atom. The van der Waals surface area contributed by atoms with Gasteiger partial charge in [0.25, 0.3) is 5.91 Å². The summed E-state index contributed by atoms with van der Waals surface area (Å²) in [5.74, 6) is 0.0294. The molecule has 106 valence electrons. The molecule has 1 aromatic carbocycles. The van der Waals surface area contributed by atoms with E-state index in [2.05, 4.69) is 10.3 Å². The summed E-state index contributed by atoms with van der Waals surface area (Å²) >= 11 is 0. The second-order valence-corrected chi connectivity index (χ2v) is 3.87. The van der Waals surface area contributed by atoms with Crippen molar-refractivity contribution in [1.29, 1.82) is 0 Å². The summed E-state index contributed by atoms with van der Waals surface area (Å²) < 4.78 is 5.00. The Morgan fingerprint density at radius 2 is 1.90 bits per heavy atom. The number of guanidine groups is 1. The third kappa shape index (κ3) is 4.57. The van der Waals surface area contributed by atoms with Crippen molar-refractivity contribution in [3.63, 3.8) is 0 Å². The van der Waals surface area contributed by atoms with Crippen LogP contribution in [-0.4, -0.2) is 11.9 Å². The fourth-order valence-corrected chi connectivity index (χ4v) is 1.48. The van der Waals surface area contributed by atoms with E-state index in [0.717, 1.165) is 5.56 Å². The molecule has 0 fully saturated rings. The summed E-state index contributed by atoms with van der Waals surface area (Å²) in [4.78, 5) is 15.6. The first-order valence-electron chi connectivity index (χ1n) is 5.64. The van der Waals surface area contributed by atoms with Crippen molar-refractivity contribution in [2.75, 3.05) is 5.32 Å². The summed E-state index contributed by atoms with van der Waals surface area (Å²) in [7, 11) is 0. The Kier molecular flexibility index (Phi) is 6.04. The fourth-order valence-electron chi connectivity index (χ4n) is 1.48. The molecule has 0 saturated carbocycles. The molecule has 2 aromatic rings. The Bertz CT molecular complexity index is 575. The number of anilines is 1. The van der Waals surface area contributed by atoms with Crippen LogP contribution in [0.3, 0.4) is 0 Å². The van der Waals surface area contributed by atoms with Crippen LogP contribution in [0.2, 0.25) is 0 Å². The molecule has 1 aromatic heterocycles. The zero-order valence-electron chi connectivity index (χ0n) is 10.6. The number of carbonyl (C=O) groups is 1. The number of amides is 1. The van der Waals surface area contributed by atoms with Crippen LogP contribution in [0, 0.1) is 0 Å². The van der Waals surface area contributed by atoms with E-state index in [1.807, 2.05) is 12.1 Å². The lowest BCUT2D eigenvalue weighted by Gasteiger charge is -2.04. The molecule has 0 unspecified atom stereocenters. The highest BCUT2D eigenvalue weighted by atomic mass is 127. The van der Waals surface area contributed by atoms with E-state index in [9.17, 15) is 4.79 Å². The van der Waals surface area contributed by atoms with Crippen LogP contribution >= 0.6 is 24.0 Å². The first kappa shape index (κ1) is 16.0. The zero-order chi connectivity index (χ0) is 13.7. The molecule has 0 aliphatic heterocycles. The van der Waals surface area contributed by atoms with E-state index in [-0.39, 0.29) is 41.6 Å². The van der Waals surface area contributed by atoms with E-state index in [1.54, 1.807) is 24.3 Å². The summed E-state index contributed by atoms with van der Waals surface area (Å²) in [6, 6.07) is 10.5. The van der Waals surface area contributed by atoms with Gasteiger partial charge in [-0.05, 0) is 29.8 Å². The number of benzene rings is 1. The first-order chi connectivity index (χ1) is 9.15. The smallest absolute Gasteiger partial charge is 0.291 e. The van der Waals surface area contributed by atoms with Crippen molar-refractivity contribution < 1.29 is 9.21 Å². The lowest BCUT2D eigenvalue weighted by atomic mass is 10.2. The second kappa shape index (κ2) is 7.53. The molecule has 0 atom stereocenters. The topological polar surface area (TPSA) is 107 Å². The highest BCUT2D eigenvalue weighted by Crippen LogP contribution is 2.12. The number of nitrogens with zero attached hydrogens (tertiary/aromatic N) is 1. The molecule has 1 amide bonds. The minimum Gasteiger partial charge on any atom is -0.459 e. The average Bonchev–Trinajstić information content (AvgIpc) is 2.92. The van der Waals surface area contributed by atoms with E-state index < -0.39 is 0 Å². The zero-order valence-corrected chi connectivity index (χ0v) is 12.9. The minimum atomic E-state index is -0.290. The lowest BCUT2D eigenvalue weighted by molar-refractivity contribution is 0.0996. The van der Waals surface area contributed by atoms with Crippen molar-refractivity contribution >= 4 is 41.5 Å². The summed E-state index contributed by atoms with van der Waals surface area (Å²) in [5.41, 5.74) is 12.1. The van der Waals surface area contributed by atoms with Crippen LogP contribution in [0.4, 0.5) is 5.69 Å². The van der Waals surface area contributed by atoms with Gasteiger partial charge in [-0.2, -0.15) is 0 Å². The number of aliphatic imine (C=N–C) groups is 1. The molecule has 0 saturated heterocycles. The Balaban J connectivity index is 0.00000200. The number of halogens is 1. The maximum Gasteiger partial charge on any atom is 0.291 e. The maximum absolute atomic E-state index is 11.7. The van der Waals surface area contributed by atoms with Crippen molar-refractivity contribution in [2.24, 2.45) is 16.5 Å². The van der Waals surface area contributed by atoms with E-state index in [1.165, 1.54) is 6.26 Å². The maximum atomic E-state index is 11.7. The molecule has 6 nitrogen and oxygen atoms in total. The highest BCUT2D eigenvalue weighted by molar-refractivity contribution is 14.0. The van der Waals surface area contributed by atoms with E-state index in [4.69, 9.17) is 15.9 Å². The van der Waals surface area contributed by atoms with Gasteiger partial charge < -0.3 is 21.2 Å². The van der Waals surface area contributed by atoms with E-state index in [0.29, 0.717) is 12.2 Å². The Morgan fingerprint density at radius 3 is 2.45 bits per heavy atom. The molecule has 20 heavy (non-hydrogen) atoms. The summed E-state index contributed by atoms with van der Waals surface area (Å²) in [5, 5.41) is 2.72. The number of hydrogen-bond donors (Lipinski definition) is 3. The van der Waals surface area contributed by atoms with Crippen molar-refractivity contribution in [2.45, 2.75) is 6.54 Å². The molecular formula is C13H15IN4O2. The van der Waals surface area contributed by atoms with Crippen LogP contribution in [0.15, 0.2) is 52.1 Å². The van der Waals surface area contributed by atoms with Crippen LogP contribution < -0.4 is 16.8 Å².